The minimum absolute atomic E-state index is 0.0474. The van der Waals surface area contributed by atoms with Crippen LogP contribution in [0.1, 0.15) is 38.5 Å². The summed E-state index contributed by atoms with van der Waals surface area (Å²) >= 11 is 0. The molecular weight excluding hydrogens is 230 g/mol. The first kappa shape index (κ1) is 13.3. The maximum atomic E-state index is 12.3. The van der Waals surface area contributed by atoms with Gasteiger partial charge in [0.05, 0.1) is 0 Å². The summed E-state index contributed by atoms with van der Waals surface area (Å²) in [7, 11) is 0. The summed E-state index contributed by atoms with van der Waals surface area (Å²) in [5.74, 6) is 0.124. The second kappa shape index (κ2) is 5.69. The molecule has 2 rings (SSSR count). The zero-order chi connectivity index (χ0) is 13.1. The molecule has 0 unspecified atom stereocenters. The van der Waals surface area contributed by atoms with E-state index in [1.165, 1.54) is 0 Å². The summed E-state index contributed by atoms with van der Waals surface area (Å²) in [6, 6.07) is 0.273. The van der Waals surface area contributed by atoms with Crippen molar-refractivity contribution in [1.29, 1.82) is 0 Å². The number of nitrogens with two attached hydrogens (primary N) is 2. The minimum Gasteiger partial charge on any atom is -0.369 e. The Hall–Kier alpha value is -1.10. The molecule has 0 spiro atoms. The number of carbonyl (C=O) groups excluding carboxylic acids is 2. The van der Waals surface area contributed by atoms with Gasteiger partial charge in [0.15, 0.2) is 0 Å². The normalized spacial score (nSPS) is 30.2. The first-order valence-corrected chi connectivity index (χ1v) is 6.91. The van der Waals surface area contributed by atoms with Crippen molar-refractivity contribution in [2.45, 2.75) is 44.6 Å². The lowest BCUT2D eigenvalue weighted by atomic mass is 9.85. The van der Waals surface area contributed by atoms with E-state index in [4.69, 9.17) is 11.5 Å². The summed E-state index contributed by atoms with van der Waals surface area (Å²) in [5.41, 5.74) is 11.1. The number of carbonyl (C=O) groups is 2. The van der Waals surface area contributed by atoms with Crippen molar-refractivity contribution < 1.29 is 9.59 Å². The van der Waals surface area contributed by atoms with Gasteiger partial charge in [-0.05, 0) is 38.5 Å². The van der Waals surface area contributed by atoms with E-state index in [0.717, 1.165) is 25.7 Å². The van der Waals surface area contributed by atoms with Crippen LogP contribution in [-0.2, 0) is 9.59 Å². The third-order valence-electron chi connectivity index (χ3n) is 4.33. The van der Waals surface area contributed by atoms with E-state index in [2.05, 4.69) is 0 Å². The number of hydrogen-bond acceptors (Lipinski definition) is 3. The Bertz CT molecular complexity index is 316. The summed E-state index contributed by atoms with van der Waals surface area (Å²) in [6.45, 7) is 1.35. The lowest BCUT2D eigenvalue weighted by Gasteiger charge is -2.35. The third kappa shape index (κ3) is 3.02. The molecule has 1 aliphatic carbocycles. The highest BCUT2D eigenvalue weighted by atomic mass is 16.2. The molecule has 4 N–H and O–H groups in total. The van der Waals surface area contributed by atoms with Gasteiger partial charge in [-0.3, -0.25) is 9.59 Å². The largest absolute Gasteiger partial charge is 0.369 e. The molecule has 1 saturated carbocycles. The molecular formula is C13H23N3O2. The molecule has 1 aliphatic heterocycles. The van der Waals surface area contributed by atoms with Crippen LogP contribution < -0.4 is 11.5 Å². The van der Waals surface area contributed by atoms with E-state index in [0.29, 0.717) is 25.9 Å². The molecule has 5 nitrogen and oxygen atoms in total. The number of amides is 2. The number of likely N-dealkylation sites (tertiary alicyclic amines) is 1. The fourth-order valence-electron chi connectivity index (χ4n) is 3.01. The Labute approximate surface area is 108 Å². The lowest BCUT2D eigenvalue weighted by Crippen LogP contribution is -2.45. The van der Waals surface area contributed by atoms with Gasteiger partial charge in [0.25, 0.3) is 0 Å². The quantitative estimate of drug-likeness (QED) is 0.738. The zero-order valence-corrected chi connectivity index (χ0v) is 10.8. The van der Waals surface area contributed by atoms with Crippen LogP contribution in [0.3, 0.4) is 0 Å². The SMILES string of the molecule is NC(=O)C1CCN(C(=O)C2CCC(N)CC2)CC1. The van der Waals surface area contributed by atoms with Gasteiger partial charge in [0, 0.05) is 31.0 Å². The van der Waals surface area contributed by atoms with Crippen LogP contribution in [0.2, 0.25) is 0 Å². The summed E-state index contributed by atoms with van der Waals surface area (Å²) in [4.78, 5) is 25.3. The Morgan fingerprint density at radius 3 is 1.94 bits per heavy atom. The van der Waals surface area contributed by atoms with Crippen molar-refractivity contribution >= 4 is 11.8 Å². The topological polar surface area (TPSA) is 89.4 Å². The molecule has 18 heavy (non-hydrogen) atoms. The van der Waals surface area contributed by atoms with Gasteiger partial charge in [0.1, 0.15) is 0 Å². The molecule has 1 saturated heterocycles. The van der Waals surface area contributed by atoms with Crippen molar-refractivity contribution in [3.63, 3.8) is 0 Å². The number of hydrogen-bond donors (Lipinski definition) is 2. The molecule has 1 heterocycles. The zero-order valence-electron chi connectivity index (χ0n) is 10.8. The Morgan fingerprint density at radius 2 is 1.44 bits per heavy atom. The second-order valence-corrected chi connectivity index (χ2v) is 5.61. The lowest BCUT2D eigenvalue weighted by molar-refractivity contribution is -0.139. The van der Waals surface area contributed by atoms with Crippen molar-refractivity contribution in [3.05, 3.63) is 0 Å². The minimum atomic E-state index is -0.231. The highest BCUT2D eigenvalue weighted by Gasteiger charge is 2.31. The van der Waals surface area contributed by atoms with Gasteiger partial charge in [-0.15, -0.1) is 0 Å². The molecule has 0 aromatic carbocycles. The van der Waals surface area contributed by atoms with Crippen molar-refractivity contribution in [2.24, 2.45) is 23.3 Å². The highest BCUT2D eigenvalue weighted by molar-refractivity contribution is 5.80. The van der Waals surface area contributed by atoms with E-state index in [1.807, 2.05) is 4.90 Å². The average molecular weight is 253 g/mol. The first-order chi connectivity index (χ1) is 8.58. The Balaban J connectivity index is 1.82. The number of rotatable bonds is 2. The molecule has 5 heteroatoms. The molecule has 0 aromatic rings. The number of nitrogens with zero attached hydrogens (tertiary/aromatic N) is 1. The molecule has 2 fully saturated rings. The van der Waals surface area contributed by atoms with Crippen LogP contribution in [-0.4, -0.2) is 35.8 Å². The van der Waals surface area contributed by atoms with Crippen LogP contribution in [0.4, 0.5) is 0 Å². The standard InChI is InChI=1S/C13H23N3O2/c14-11-3-1-10(2-4-11)13(18)16-7-5-9(6-8-16)12(15)17/h9-11H,1-8,14H2,(H2,15,17). The van der Waals surface area contributed by atoms with Gasteiger partial charge >= 0.3 is 0 Å². The summed E-state index contributed by atoms with van der Waals surface area (Å²) < 4.78 is 0. The average Bonchev–Trinajstić information content (AvgIpc) is 2.39. The smallest absolute Gasteiger partial charge is 0.225 e. The van der Waals surface area contributed by atoms with Crippen LogP contribution >= 0.6 is 0 Å². The molecule has 2 aliphatic rings. The highest BCUT2D eigenvalue weighted by Crippen LogP contribution is 2.27. The molecule has 2 amide bonds. The predicted molar refractivity (Wildman–Crippen MR) is 68.4 cm³/mol. The van der Waals surface area contributed by atoms with Crippen LogP contribution in [0.5, 0.6) is 0 Å². The fraction of sp³-hybridized carbons (Fsp3) is 0.846. The van der Waals surface area contributed by atoms with Gasteiger partial charge in [-0.2, -0.15) is 0 Å². The second-order valence-electron chi connectivity index (χ2n) is 5.61. The Morgan fingerprint density at radius 1 is 0.889 bits per heavy atom. The van der Waals surface area contributed by atoms with Crippen molar-refractivity contribution in [1.82, 2.24) is 4.90 Å². The maximum absolute atomic E-state index is 12.3. The molecule has 0 aromatic heterocycles. The monoisotopic (exact) mass is 253 g/mol. The van der Waals surface area contributed by atoms with Crippen LogP contribution in [0.25, 0.3) is 0 Å². The van der Waals surface area contributed by atoms with E-state index in [1.54, 1.807) is 0 Å². The van der Waals surface area contributed by atoms with E-state index in [-0.39, 0.29) is 29.7 Å². The number of piperidine rings is 1. The van der Waals surface area contributed by atoms with E-state index < -0.39 is 0 Å². The third-order valence-corrected chi connectivity index (χ3v) is 4.33. The van der Waals surface area contributed by atoms with Gasteiger partial charge in [-0.25, -0.2) is 0 Å². The van der Waals surface area contributed by atoms with Crippen LogP contribution in [0.15, 0.2) is 0 Å². The van der Waals surface area contributed by atoms with E-state index >= 15 is 0 Å². The Kier molecular flexibility index (Phi) is 4.22. The summed E-state index contributed by atoms with van der Waals surface area (Å²) in [5, 5.41) is 0. The van der Waals surface area contributed by atoms with Crippen molar-refractivity contribution in [2.75, 3.05) is 13.1 Å². The van der Waals surface area contributed by atoms with Gasteiger partial charge in [-0.1, -0.05) is 0 Å². The van der Waals surface area contributed by atoms with Crippen LogP contribution in [0, 0.1) is 11.8 Å². The first-order valence-electron chi connectivity index (χ1n) is 6.91. The molecule has 0 radical (unpaired) electrons. The van der Waals surface area contributed by atoms with E-state index in [9.17, 15) is 9.59 Å². The molecule has 0 bridgehead atoms. The van der Waals surface area contributed by atoms with Crippen molar-refractivity contribution in [3.8, 4) is 0 Å². The predicted octanol–water partition coefficient (Wildman–Crippen LogP) is 0.228. The van der Waals surface area contributed by atoms with Gasteiger partial charge < -0.3 is 16.4 Å². The van der Waals surface area contributed by atoms with Gasteiger partial charge in [0.2, 0.25) is 11.8 Å². The fourth-order valence-corrected chi connectivity index (χ4v) is 3.01. The molecule has 102 valence electrons. The summed E-state index contributed by atoms with van der Waals surface area (Å²) in [6.07, 6.45) is 5.16. The maximum Gasteiger partial charge on any atom is 0.225 e. The number of primary amides is 1. The molecule has 0 atom stereocenters.